The Balaban J connectivity index is 2.88. The molecule has 1 heterocycles. The Kier molecular flexibility index (Phi) is 3.83. The molecule has 7 heteroatoms. The summed E-state index contributed by atoms with van der Waals surface area (Å²) in [7, 11) is 1.68. The highest BCUT2D eigenvalue weighted by Crippen LogP contribution is 2.23. The second kappa shape index (κ2) is 4.93. The molecule has 0 saturated carbocycles. The number of amides is 1. The lowest BCUT2D eigenvalue weighted by Gasteiger charge is -2.09. The third kappa shape index (κ3) is 2.48. The topological polar surface area (TPSA) is 91.3 Å². The molecule has 0 radical (unpaired) electrons. The number of nitrogens with zero attached hydrogens (tertiary/aromatic N) is 1. The molecule has 1 rings (SSSR count). The first-order chi connectivity index (χ1) is 7.47. The first-order valence-electron chi connectivity index (χ1n) is 4.65. The van der Waals surface area contributed by atoms with Gasteiger partial charge in [0.2, 0.25) is 0 Å². The highest BCUT2D eigenvalue weighted by Gasteiger charge is 2.21. The molecule has 0 unspecified atom stereocenters. The summed E-state index contributed by atoms with van der Waals surface area (Å²) in [4.78, 5) is 22.4. The molecule has 0 aliphatic rings. The average molecular weight is 243 g/mol. The summed E-state index contributed by atoms with van der Waals surface area (Å²) in [5.74, 6) is -1.49. The average Bonchev–Trinajstić information content (AvgIpc) is 2.59. The van der Waals surface area contributed by atoms with Crippen molar-refractivity contribution in [3.8, 4) is 0 Å². The Hall–Kier alpha value is -1.63. The van der Waals surface area contributed by atoms with E-state index in [9.17, 15) is 9.59 Å². The molecule has 16 heavy (non-hydrogen) atoms. The van der Waals surface area contributed by atoms with Crippen LogP contribution in [-0.4, -0.2) is 34.4 Å². The normalized spacial score (nSPS) is 11.9. The molecule has 6 nitrogen and oxygen atoms in total. The number of anilines is 1. The third-order valence-corrected chi connectivity index (χ3v) is 2.99. The summed E-state index contributed by atoms with van der Waals surface area (Å²) in [6.07, 6.45) is 0. The quantitative estimate of drug-likeness (QED) is 0.724. The zero-order chi connectivity index (χ0) is 12.3. The zero-order valence-corrected chi connectivity index (χ0v) is 10.0. The van der Waals surface area contributed by atoms with Gasteiger partial charge in [0.1, 0.15) is 11.0 Å². The Labute approximate surface area is 96.8 Å². The van der Waals surface area contributed by atoms with Gasteiger partial charge in [-0.15, -0.1) is 0 Å². The van der Waals surface area contributed by atoms with E-state index in [1.54, 1.807) is 14.0 Å². The second-order valence-corrected chi connectivity index (χ2v) is 4.03. The molecule has 1 atom stereocenters. The lowest BCUT2D eigenvalue weighted by molar-refractivity contribution is -0.138. The lowest BCUT2D eigenvalue weighted by Crippen LogP contribution is -2.38. The van der Waals surface area contributed by atoms with Crippen LogP contribution in [0.1, 0.15) is 23.0 Å². The predicted molar refractivity (Wildman–Crippen MR) is 61.0 cm³/mol. The molecule has 1 amide bonds. The van der Waals surface area contributed by atoms with Crippen LogP contribution in [0.3, 0.4) is 0 Å². The van der Waals surface area contributed by atoms with E-state index in [-0.39, 0.29) is 0 Å². The van der Waals surface area contributed by atoms with Gasteiger partial charge in [-0.25, -0.2) is 0 Å². The number of aryl methyl sites for hydroxylation is 1. The Morgan fingerprint density at radius 2 is 2.12 bits per heavy atom. The van der Waals surface area contributed by atoms with Crippen molar-refractivity contribution in [3.63, 3.8) is 0 Å². The van der Waals surface area contributed by atoms with Crippen LogP contribution >= 0.6 is 11.5 Å². The molecule has 1 aromatic heterocycles. The van der Waals surface area contributed by atoms with E-state index in [1.807, 2.05) is 0 Å². The van der Waals surface area contributed by atoms with Gasteiger partial charge in [0.25, 0.3) is 5.91 Å². The molecule has 0 aromatic carbocycles. The minimum absolute atomic E-state index is 0.403. The number of hydrogen-bond acceptors (Lipinski definition) is 5. The van der Waals surface area contributed by atoms with Crippen LogP contribution in [0.5, 0.6) is 0 Å². The van der Waals surface area contributed by atoms with Crippen LogP contribution in [0.15, 0.2) is 0 Å². The van der Waals surface area contributed by atoms with E-state index in [1.165, 1.54) is 18.5 Å². The number of carboxylic acid groups (broad SMARTS) is 1. The molecule has 0 aliphatic carbocycles. The van der Waals surface area contributed by atoms with Gasteiger partial charge < -0.3 is 15.7 Å². The molecule has 88 valence electrons. The van der Waals surface area contributed by atoms with Crippen LogP contribution in [0.4, 0.5) is 5.00 Å². The maximum Gasteiger partial charge on any atom is 0.325 e. The number of carbonyl (C=O) groups is 2. The SMILES string of the molecule is CNc1snc(C)c1C(=O)N[C@H](C)C(=O)O. The van der Waals surface area contributed by atoms with Gasteiger partial charge in [0, 0.05) is 7.05 Å². The largest absolute Gasteiger partial charge is 0.480 e. The molecular formula is C9H13N3O3S. The molecule has 0 bridgehead atoms. The number of aromatic nitrogens is 1. The smallest absolute Gasteiger partial charge is 0.325 e. The second-order valence-electron chi connectivity index (χ2n) is 3.26. The van der Waals surface area contributed by atoms with E-state index in [4.69, 9.17) is 5.11 Å². The Morgan fingerprint density at radius 1 is 1.50 bits per heavy atom. The Morgan fingerprint density at radius 3 is 2.62 bits per heavy atom. The summed E-state index contributed by atoms with van der Waals surface area (Å²) in [5.41, 5.74) is 0.991. The van der Waals surface area contributed by atoms with Gasteiger partial charge in [0.15, 0.2) is 0 Å². The number of carboxylic acids is 1. The molecule has 1 aromatic rings. The molecule has 3 N–H and O–H groups in total. The van der Waals surface area contributed by atoms with Gasteiger partial charge in [-0.05, 0) is 25.4 Å². The summed E-state index contributed by atoms with van der Waals surface area (Å²) in [6.45, 7) is 3.12. The van der Waals surface area contributed by atoms with Crippen molar-refractivity contribution < 1.29 is 14.7 Å². The first kappa shape index (κ1) is 12.4. The predicted octanol–water partition coefficient (Wildman–Crippen LogP) is 0.696. The van der Waals surface area contributed by atoms with Crippen LogP contribution in [0, 0.1) is 6.92 Å². The van der Waals surface area contributed by atoms with Crippen LogP contribution < -0.4 is 10.6 Å². The zero-order valence-electron chi connectivity index (χ0n) is 9.20. The molecule has 0 saturated heterocycles. The fraction of sp³-hybridized carbons (Fsp3) is 0.444. The monoisotopic (exact) mass is 243 g/mol. The van der Waals surface area contributed by atoms with Crippen molar-refractivity contribution in [2.45, 2.75) is 19.9 Å². The Bertz CT molecular complexity index is 416. The maximum absolute atomic E-state index is 11.8. The summed E-state index contributed by atoms with van der Waals surface area (Å²) in [6, 6.07) is -0.920. The minimum Gasteiger partial charge on any atom is -0.480 e. The third-order valence-electron chi connectivity index (χ3n) is 2.03. The summed E-state index contributed by atoms with van der Waals surface area (Å²) < 4.78 is 4.03. The standard InChI is InChI=1S/C9H13N3O3S/c1-4-6(8(10-3)16-12-4)7(13)11-5(2)9(14)15/h5,10H,1-3H3,(H,11,13)(H,14,15)/t5-/m1/s1. The van der Waals surface area contributed by atoms with Gasteiger partial charge in [-0.2, -0.15) is 4.37 Å². The molecule has 0 fully saturated rings. The van der Waals surface area contributed by atoms with Crippen LogP contribution in [0.25, 0.3) is 0 Å². The summed E-state index contributed by atoms with van der Waals surface area (Å²) >= 11 is 1.17. The number of aliphatic carboxylic acids is 1. The summed E-state index contributed by atoms with van der Waals surface area (Å²) in [5, 5.41) is 14.5. The van der Waals surface area contributed by atoms with E-state index in [0.717, 1.165) is 0 Å². The van der Waals surface area contributed by atoms with Crippen molar-refractivity contribution in [3.05, 3.63) is 11.3 Å². The van der Waals surface area contributed by atoms with Gasteiger partial charge in [-0.3, -0.25) is 9.59 Å². The number of hydrogen-bond donors (Lipinski definition) is 3. The van der Waals surface area contributed by atoms with E-state index >= 15 is 0 Å². The van der Waals surface area contributed by atoms with E-state index in [2.05, 4.69) is 15.0 Å². The maximum atomic E-state index is 11.8. The van der Waals surface area contributed by atoms with Crippen molar-refractivity contribution >= 4 is 28.4 Å². The van der Waals surface area contributed by atoms with Crippen molar-refractivity contribution in [1.29, 1.82) is 0 Å². The number of nitrogens with one attached hydrogen (secondary N) is 2. The fourth-order valence-corrected chi connectivity index (χ4v) is 1.88. The highest BCUT2D eigenvalue weighted by molar-refractivity contribution is 7.10. The highest BCUT2D eigenvalue weighted by atomic mass is 32.1. The van der Waals surface area contributed by atoms with Gasteiger partial charge in [-0.1, -0.05) is 0 Å². The number of rotatable bonds is 4. The molecule has 0 spiro atoms. The van der Waals surface area contributed by atoms with Crippen molar-refractivity contribution in [2.75, 3.05) is 12.4 Å². The van der Waals surface area contributed by atoms with E-state index < -0.39 is 17.9 Å². The lowest BCUT2D eigenvalue weighted by atomic mass is 10.2. The first-order valence-corrected chi connectivity index (χ1v) is 5.42. The van der Waals surface area contributed by atoms with Crippen molar-refractivity contribution in [2.24, 2.45) is 0 Å². The van der Waals surface area contributed by atoms with Crippen LogP contribution in [0.2, 0.25) is 0 Å². The minimum atomic E-state index is -1.07. The van der Waals surface area contributed by atoms with Gasteiger partial charge in [0.05, 0.1) is 11.3 Å². The van der Waals surface area contributed by atoms with Crippen molar-refractivity contribution in [1.82, 2.24) is 9.69 Å². The van der Waals surface area contributed by atoms with Crippen LogP contribution in [-0.2, 0) is 4.79 Å². The molecular weight excluding hydrogens is 230 g/mol. The number of carbonyl (C=O) groups excluding carboxylic acids is 1. The van der Waals surface area contributed by atoms with Gasteiger partial charge >= 0.3 is 5.97 Å². The fourth-order valence-electron chi connectivity index (χ4n) is 1.14. The van der Waals surface area contributed by atoms with E-state index in [0.29, 0.717) is 16.3 Å². The molecule has 0 aliphatic heterocycles.